The molecule has 2 aromatic rings. The Labute approximate surface area is 159 Å². The predicted molar refractivity (Wildman–Crippen MR) is 105 cm³/mol. The third kappa shape index (κ3) is 5.06. The van der Waals surface area contributed by atoms with Crippen molar-refractivity contribution in [2.24, 2.45) is 11.0 Å². The van der Waals surface area contributed by atoms with Crippen molar-refractivity contribution < 1.29 is 14.0 Å². The van der Waals surface area contributed by atoms with Gasteiger partial charge in [-0.2, -0.15) is 5.10 Å². The fraction of sp³-hybridized carbons (Fsp3) is 0.381. The summed E-state index contributed by atoms with van der Waals surface area (Å²) in [6, 6.07) is 10.8. The Morgan fingerprint density at radius 1 is 1.04 bits per heavy atom. The average molecular weight is 367 g/mol. The van der Waals surface area contributed by atoms with E-state index in [-0.39, 0.29) is 23.5 Å². The minimum absolute atomic E-state index is 0.105. The maximum absolute atomic E-state index is 12.3. The van der Waals surface area contributed by atoms with Gasteiger partial charge in [-0.05, 0) is 56.5 Å². The molecule has 1 fully saturated rings. The number of hydrazone groups is 1. The van der Waals surface area contributed by atoms with Crippen LogP contribution in [0.2, 0.25) is 0 Å². The van der Waals surface area contributed by atoms with Crippen LogP contribution in [0.1, 0.15) is 60.9 Å². The topological polar surface area (TPSA) is 83.7 Å². The number of hydrogen-bond acceptors (Lipinski definition) is 4. The smallest absolute Gasteiger partial charge is 0.307 e. The van der Waals surface area contributed by atoms with Crippen molar-refractivity contribution in [3.63, 3.8) is 0 Å². The van der Waals surface area contributed by atoms with Crippen molar-refractivity contribution in [1.29, 1.82) is 0 Å². The predicted octanol–water partition coefficient (Wildman–Crippen LogP) is 4.26. The number of rotatable bonds is 5. The first-order chi connectivity index (χ1) is 13.0. The van der Waals surface area contributed by atoms with Crippen LogP contribution in [-0.4, -0.2) is 17.5 Å². The van der Waals surface area contributed by atoms with Crippen LogP contribution in [0, 0.1) is 12.8 Å². The molecule has 3 rings (SSSR count). The largest absolute Gasteiger partial charge is 0.456 e. The summed E-state index contributed by atoms with van der Waals surface area (Å²) in [6.45, 7) is 3.59. The standard InChI is InChI=1S/C21H25N3O3/c1-14-8-13-19(27-14)21(26)24-23-15(2)16-9-11-18(12-10-16)22-20(25)17-6-4-3-5-7-17/h8-13,17H,3-7H2,1-2H3,(H,22,25)(H,24,26). The van der Waals surface area contributed by atoms with Crippen LogP contribution < -0.4 is 10.7 Å². The van der Waals surface area contributed by atoms with Crippen LogP contribution in [0.3, 0.4) is 0 Å². The molecular formula is C21H25N3O3. The van der Waals surface area contributed by atoms with Crippen molar-refractivity contribution in [3.05, 3.63) is 53.5 Å². The van der Waals surface area contributed by atoms with E-state index in [2.05, 4.69) is 15.8 Å². The number of furan rings is 1. The monoisotopic (exact) mass is 367 g/mol. The summed E-state index contributed by atoms with van der Waals surface area (Å²) in [6.07, 6.45) is 5.45. The van der Waals surface area contributed by atoms with Crippen LogP contribution in [0.25, 0.3) is 0 Å². The second-order valence-corrected chi connectivity index (χ2v) is 6.95. The third-order valence-corrected chi connectivity index (χ3v) is 4.84. The first-order valence-corrected chi connectivity index (χ1v) is 9.35. The molecule has 0 radical (unpaired) electrons. The number of anilines is 1. The van der Waals surface area contributed by atoms with Crippen LogP contribution in [0.5, 0.6) is 0 Å². The van der Waals surface area contributed by atoms with Gasteiger partial charge in [0.15, 0.2) is 5.76 Å². The number of nitrogens with one attached hydrogen (secondary N) is 2. The minimum atomic E-state index is -0.390. The Morgan fingerprint density at radius 2 is 1.74 bits per heavy atom. The molecule has 0 atom stereocenters. The van der Waals surface area contributed by atoms with Gasteiger partial charge in [-0.1, -0.05) is 31.4 Å². The van der Waals surface area contributed by atoms with Crippen LogP contribution in [0.4, 0.5) is 5.69 Å². The number of carbonyl (C=O) groups excluding carboxylic acids is 2. The first kappa shape index (κ1) is 18.9. The molecule has 6 heteroatoms. The van der Waals surface area contributed by atoms with E-state index in [1.807, 2.05) is 31.2 Å². The molecule has 0 spiro atoms. The molecule has 1 heterocycles. The highest BCUT2D eigenvalue weighted by molar-refractivity contribution is 6.01. The Morgan fingerprint density at radius 3 is 2.37 bits per heavy atom. The lowest BCUT2D eigenvalue weighted by atomic mass is 9.88. The second-order valence-electron chi connectivity index (χ2n) is 6.95. The Hall–Kier alpha value is -2.89. The van der Waals surface area contributed by atoms with Gasteiger partial charge in [-0.15, -0.1) is 0 Å². The molecule has 142 valence electrons. The molecule has 1 aromatic carbocycles. The van der Waals surface area contributed by atoms with E-state index in [0.29, 0.717) is 11.5 Å². The van der Waals surface area contributed by atoms with E-state index >= 15 is 0 Å². The molecule has 27 heavy (non-hydrogen) atoms. The Bertz CT molecular complexity index is 831. The third-order valence-electron chi connectivity index (χ3n) is 4.84. The maximum atomic E-state index is 12.3. The van der Waals surface area contributed by atoms with Gasteiger partial charge in [0.2, 0.25) is 5.91 Å². The van der Waals surface area contributed by atoms with Gasteiger partial charge in [-0.3, -0.25) is 9.59 Å². The van der Waals surface area contributed by atoms with E-state index < -0.39 is 0 Å². The molecule has 1 aliphatic rings. The van der Waals surface area contributed by atoms with E-state index in [1.165, 1.54) is 6.42 Å². The lowest BCUT2D eigenvalue weighted by Crippen LogP contribution is -2.24. The van der Waals surface area contributed by atoms with Crippen molar-refractivity contribution in [2.45, 2.75) is 46.0 Å². The zero-order valence-electron chi connectivity index (χ0n) is 15.7. The highest BCUT2D eigenvalue weighted by Crippen LogP contribution is 2.25. The van der Waals surface area contributed by atoms with Crippen molar-refractivity contribution in [1.82, 2.24) is 5.43 Å². The summed E-state index contributed by atoms with van der Waals surface area (Å²) < 4.78 is 5.26. The number of hydrogen-bond donors (Lipinski definition) is 2. The molecule has 0 saturated heterocycles. The molecule has 6 nitrogen and oxygen atoms in total. The van der Waals surface area contributed by atoms with Crippen LogP contribution in [-0.2, 0) is 4.79 Å². The second kappa shape index (κ2) is 8.66. The van der Waals surface area contributed by atoms with Gasteiger partial charge >= 0.3 is 5.91 Å². The zero-order chi connectivity index (χ0) is 19.2. The zero-order valence-corrected chi connectivity index (χ0v) is 15.7. The number of nitrogens with zero attached hydrogens (tertiary/aromatic N) is 1. The summed E-state index contributed by atoms with van der Waals surface area (Å²) in [4.78, 5) is 24.3. The number of aryl methyl sites for hydroxylation is 1. The summed E-state index contributed by atoms with van der Waals surface area (Å²) in [5.74, 6) is 0.742. The molecule has 1 aromatic heterocycles. The fourth-order valence-electron chi connectivity index (χ4n) is 3.21. The van der Waals surface area contributed by atoms with Crippen molar-refractivity contribution >= 4 is 23.2 Å². The van der Waals surface area contributed by atoms with Gasteiger partial charge < -0.3 is 9.73 Å². The molecule has 0 aliphatic heterocycles. The molecule has 2 N–H and O–H groups in total. The van der Waals surface area contributed by atoms with Gasteiger partial charge in [0.05, 0.1) is 5.71 Å². The molecular weight excluding hydrogens is 342 g/mol. The molecule has 0 bridgehead atoms. The first-order valence-electron chi connectivity index (χ1n) is 9.35. The van der Waals surface area contributed by atoms with Crippen LogP contribution >= 0.6 is 0 Å². The maximum Gasteiger partial charge on any atom is 0.307 e. The Kier molecular flexibility index (Phi) is 6.06. The summed E-state index contributed by atoms with van der Waals surface area (Å²) in [5, 5.41) is 7.10. The molecule has 1 saturated carbocycles. The number of carbonyl (C=O) groups is 2. The van der Waals surface area contributed by atoms with Crippen molar-refractivity contribution in [2.75, 3.05) is 5.32 Å². The lowest BCUT2D eigenvalue weighted by molar-refractivity contribution is -0.120. The highest BCUT2D eigenvalue weighted by atomic mass is 16.3. The quantitative estimate of drug-likeness (QED) is 0.612. The summed E-state index contributed by atoms with van der Waals surface area (Å²) >= 11 is 0. The average Bonchev–Trinajstić information content (AvgIpc) is 3.13. The van der Waals surface area contributed by atoms with Gasteiger partial charge in [0, 0.05) is 11.6 Å². The van der Waals surface area contributed by atoms with Crippen LogP contribution in [0.15, 0.2) is 45.9 Å². The SMILES string of the molecule is CC(=NNC(=O)c1ccc(C)o1)c1ccc(NC(=O)C2CCCCC2)cc1. The number of benzene rings is 1. The number of amides is 2. The molecule has 2 amide bonds. The lowest BCUT2D eigenvalue weighted by Gasteiger charge is -2.20. The molecule has 0 unspecified atom stereocenters. The molecule has 1 aliphatic carbocycles. The van der Waals surface area contributed by atoms with E-state index in [9.17, 15) is 9.59 Å². The Balaban J connectivity index is 1.57. The van der Waals surface area contributed by atoms with Crippen molar-refractivity contribution in [3.8, 4) is 0 Å². The summed E-state index contributed by atoms with van der Waals surface area (Å²) in [7, 11) is 0. The van der Waals surface area contributed by atoms with Gasteiger partial charge in [0.25, 0.3) is 0 Å². The highest BCUT2D eigenvalue weighted by Gasteiger charge is 2.20. The van der Waals surface area contributed by atoms with Gasteiger partial charge in [-0.25, -0.2) is 5.43 Å². The summed E-state index contributed by atoms with van der Waals surface area (Å²) in [5.41, 5.74) is 4.79. The van der Waals surface area contributed by atoms with E-state index in [0.717, 1.165) is 36.9 Å². The van der Waals surface area contributed by atoms with Gasteiger partial charge in [0.1, 0.15) is 5.76 Å². The fourth-order valence-corrected chi connectivity index (χ4v) is 3.21. The van der Waals surface area contributed by atoms with E-state index in [1.54, 1.807) is 19.1 Å². The normalized spacial score (nSPS) is 15.4. The van der Waals surface area contributed by atoms with E-state index in [4.69, 9.17) is 4.42 Å². The minimum Gasteiger partial charge on any atom is -0.456 e.